The van der Waals surface area contributed by atoms with Crippen LogP contribution in [-0.4, -0.2) is 28.0 Å². The lowest BCUT2D eigenvalue weighted by Gasteiger charge is -2.25. The zero-order chi connectivity index (χ0) is 11.6. The summed E-state index contributed by atoms with van der Waals surface area (Å²) in [6.45, 7) is 0.301. The van der Waals surface area contributed by atoms with Gasteiger partial charge in [-0.1, -0.05) is 11.6 Å². The highest BCUT2D eigenvalue weighted by Crippen LogP contribution is 2.42. The van der Waals surface area contributed by atoms with E-state index in [9.17, 15) is 5.11 Å². The van der Waals surface area contributed by atoms with Crippen molar-refractivity contribution in [1.29, 1.82) is 0 Å². The minimum absolute atomic E-state index is 0.301. The van der Waals surface area contributed by atoms with Crippen molar-refractivity contribution in [1.82, 2.24) is 4.98 Å². The van der Waals surface area contributed by atoms with Crippen LogP contribution in [0.5, 0.6) is 0 Å². The minimum Gasteiger partial charge on any atom is -0.387 e. The maximum atomic E-state index is 10.3. The molecule has 16 heavy (non-hydrogen) atoms. The van der Waals surface area contributed by atoms with Gasteiger partial charge in [0.05, 0.1) is 10.6 Å². The standard InChI is InChI=1S/C11H15ClN2OS/c12-9-2-1-5-14-10(9)16-7-11(15,6-13)8-3-4-8/h1-2,5,8,15H,3-4,6-7,13H2. The maximum absolute atomic E-state index is 10.3. The van der Waals surface area contributed by atoms with Gasteiger partial charge in [0.15, 0.2) is 0 Å². The molecule has 5 heteroatoms. The molecule has 0 bridgehead atoms. The lowest BCUT2D eigenvalue weighted by Crippen LogP contribution is -2.42. The predicted molar refractivity (Wildman–Crippen MR) is 66.7 cm³/mol. The van der Waals surface area contributed by atoms with Gasteiger partial charge in [-0.2, -0.15) is 0 Å². The van der Waals surface area contributed by atoms with Gasteiger partial charge in [0, 0.05) is 18.5 Å². The summed E-state index contributed by atoms with van der Waals surface area (Å²) in [7, 11) is 0. The Morgan fingerprint density at radius 1 is 1.62 bits per heavy atom. The van der Waals surface area contributed by atoms with Crippen LogP contribution < -0.4 is 5.73 Å². The van der Waals surface area contributed by atoms with Gasteiger partial charge < -0.3 is 10.8 Å². The van der Waals surface area contributed by atoms with Gasteiger partial charge >= 0.3 is 0 Å². The summed E-state index contributed by atoms with van der Waals surface area (Å²) in [4.78, 5) is 4.17. The number of hydrogen-bond donors (Lipinski definition) is 2. The number of pyridine rings is 1. The second-order valence-electron chi connectivity index (χ2n) is 4.16. The van der Waals surface area contributed by atoms with Gasteiger partial charge in [-0.3, -0.25) is 0 Å². The molecule has 1 aliphatic rings. The molecule has 2 rings (SSSR count). The van der Waals surface area contributed by atoms with Crippen LogP contribution in [0.15, 0.2) is 23.4 Å². The summed E-state index contributed by atoms with van der Waals surface area (Å²) in [6.07, 6.45) is 3.85. The maximum Gasteiger partial charge on any atom is 0.115 e. The first-order valence-electron chi connectivity index (χ1n) is 5.31. The molecule has 1 fully saturated rings. The number of nitrogens with zero attached hydrogens (tertiary/aromatic N) is 1. The molecule has 88 valence electrons. The number of nitrogens with two attached hydrogens (primary N) is 1. The van der Waals surface area contributed by atoms with Crippen molar-refractivity contribution in [2.24, 2.45) is 11.7 Å². The largest absolute Gasteiger partial charge is 0.387 e. The molecular formula is C11H15ClN2OS. The number of aliphatic hydroxyl groups is 1. The van der Waals surface area contributed by atoms with E-state index in [1.165, 1.54) is 11.8 Å². The van der Waals surface area contributed by atoms with Gasteiger partial charge in [-0.25, -0.2) is 4.98 Å². The first-order valence-corrected chi connectivity index (χ1v) is 6.68. The predicted octanol–water partition coefficient (Wildman–Crippen LogP) is 1.93. The fourth-order valence-electron chi connectivity index (χ4n) is 1.63. The summed E-state index contributed by atoms with van der Waals surface area (Å²) >= 11 is 7.47. The lowest BCUT2D eigenvalue weighted by molar-refractivity contribution is 0.0510. The van der Waals surface area contributed by atoms with Crippen molar-refractivity contribution in [3.05, 3.63) is 23.4 Å². The Balaban J connectivity index is 1.98. The lowest BCUT2D eigenvalue weighted by atomic mass is 10.0. The fraction of sp³-hybridized carbons (Fsp3) is 0.545. The summed E-state index contributed by atoms with van der Waals surface area (Å²) in [5.74, 6) is 0.915. The van der Waals surface area contributed by atoms with Gasteiger partial charge in [-0.05, 0) is 30.9 Å². The van der Waals surface area contributed by atoms with E-state index in [2.05, 4.69) is 4.98 Å². The Bertz CT molecular complexity index is 373. The second-order valence-corrected chi connectivity index (χ2v) is 5.53. The summed E-state index contributed by atoms with van der Waals surface area (Å²) < 4.78 is 0. The molecule has 3 nitrogen and oxygen atoms in total. The molecule has 0 aromatic carbocycles. The molecule has 0 spiro atoms. The number of rotatable bonds is 5. The van der Waals surface area contributed by atoms with Crippen molar-refractivity contribution in [3.8, 4) is 0 Å². The van der Waals surface area contributed by atoms with Crippen molar-refractivity contribution < 1.29 is 5.11 Å². The van der Waals surface area contributed by atoms with E-state index < -0.39 is 5.60 Å². The number of aromatic nitrogens is 1. The fourth-order valence-corrected chi connectivity index (χ4v) is 3.00. The van der Waals surface area contributed by atoms with E-state index in [1.54, 1.807) is 18.3 Å². The van der Waals surface area contributed by atoms with Crippen LogP contribution in [0.1, 0.15) is 12.8 Å². The number of hydrogen-bond acceptors (Lipinski definition) is 4. The molecule has 0 amide bonds. The smallest absolute Gasteiger partial charge is 0.115 e. The van der Waals surface area contributed by atoms with Crippen molar-refractivity contribution in [2.45, 2.75) is 23.5 Å². The average molecular weight is 259 g/mol. The summed E-state index contributed by atoms with van der Waals surface area (Å²) in [5.41, 5.74) is 4.88. The van der Waals surface area contributed by atoms with Crippen LogP contribution in [-0.2, 0) is 0 Å². The normalized spacial score (nSPS) is 19.4. The minimum atomic E-state index is -0.758. The zero-order valence-electron chi connectivity index (χ0n) is 8.90. The van der Waals surface area contributed by atoms with Crippen LogP contribution in [0.3, 0.4) is 0 Å². The number of thioether (sulfide) groups is 1. The summed E-state index contributed by atoms with van der Waals surface area (Å²) in [5, 5.41) is 11.7. The Labute approximate surface area is 104 Å². The van der Waals surface area contributed by atoms with E-state index in [4.69, 9.17) is 17.3 Å². The average Bonchev–Trinajstić information content (AvgIpc) is 3.12. The SMILES string of the molecule is NCC(O)(CSc1ncccc1Cl)C1CC1. The van der Waals surface area contributed by atoms with Gasteiger partial charge in [-0.15, -0.1) is 11.8 Å². The Morgan fingerprint density at radius 2 is 2.38 bits per heavy atom. The topological polar surface area (TPSA) is 59.1 Å². The molecule has 1 saturated carbocycles. The second kappa shape index (κ2) is 4.92. The van der Waals surface area contributed by atoms with Crippen LogP contribution in [0.4, 0.5) is 0 Å². The first kappa shape index (κ1) is 12.2. The third kappa shape index (κ3) is 2.69. The van der Waals surface area contributed by atoms with E-state index in [-0.39, 0.29) is 0 Å². The van der Waals surface area contributed by atoms with Crippen LogP contribution >= 0.6 is 23.4 Å². The highest BCUT2D eigenvalue weighted by molar-refractivity contribution is 7.99. The Morgan fingerprint density at radius 3 is 2.94 bits per heavy atom. The van der Waals surface area contributed by atoms with Crippen LogP contribution in [0.25, 0.3) is 0 Å². The quantitative estimate of drug-likeness (QED) is 0.793. The van der Waals surface area contributed by atoms with E-state index in [0.29, 0.717) is 23.2 Å². The van der Waals surface area contributed by atoms with E-state index in [1.807, 2.05) is 0 Å². The van der Waals surface area contributed by atoms with Gasteiger partial charge in [0.1, 0.15) is 5.03 Å². The molecule has 1 atom stereocenters. The third-order valence-electron chi connectivity index (χ3n) is 2.87. The zero-order valence-corrected chi connectivity index (χ0v) is 10.5. The van der Waals surface area contributed by atoms with Crippen molar-refractivity contribution in [2.75, 3.05) is 12.3 Å². The van der Waals surface area contributed by atoms with Crippen molar-refractivity contribution >= 4 is 23.4 Å². The number of halogens is 1. The molecule has 1 aromatic heterocycles. The molecular weight excluding hydrogens is 244 g/mol. The molecule has 1 aromatic rings. The van der Waals surface area contributed by atoms with Crippen molar-refractivity contribution in [3.63, 3.8) is 0 Å². The Kier molecular flexibility index (Phi) is 3.74. The monoisotopic (exact) mass is 258 g/mol. The van der Waals surface area contributed by atoms with E-state index in [0.717, 1.165) is 17.9 Å². The first-order chi connectivity index (χ1) is 7.65. The summed E-state index contributed by atoms with van der Waals surface area (Å²) in [6, 6.07) is 3.60. The highest BCUT2D eigenvalue weighted by Gasteiger charge is 2.42. The molecule has 1 unspecified atom stereocenters. The molecule has 3 N–H and O–H groups in total. The Hall–Kier alpha value is -0.290. The van der Waals surface area contributed by atoms with Gasteiger partial charge in [0.2, 0.25) is 0 Å². The molecule has 0 radical (unpaired) electrons. The van der Waals surface area contributed by atoms with E-state index >= 15 is 0 Å². The van der Waals surface area contributed by atoms with Gasteiger partial charge in [0.25, 0.3) is 0 Å². The van der Waals surface area contributed by atoms with Crippen LogP contribution in [0.2, 0.25) is 5.02 Å². The third-order valence-corrected chi connectivity index (χ3v) is 4.53. The highest BCUT2D eigenvalue weighted by atomic mass is 35.5. The molecule has 0 saturated heterocycles. The van der Waals surface area contributed by atoms with Crippen LogP contribution in [0, 0.1) is 5.92 Å². The molecule has 1 heterocycles. The molecule has 0 aliphatic heterocycles. The molecule has 1 aliphatic carbocycles.